The Kier molecular flexibility index (Phi) is 5.56. The third kappa shape index (κ3) is 3.19. The van der Waals surface area contributed by atoms with Crippen molar-refractivity contribution in [1.29, 1.82) is 0 Å². The van der Waals surface area contributed by atoms with E-state index in [1.165, 1.54) is 6.92 Å². The van der Waals surface area contributed by atoms with Gasteiger partial charge in [0.15, 0.2) is 7.29 Å². The largest absolute Gasteiger partial charge is 0.430 e. The molecule has 0 spiro atoms. The summed E-state index contributed by atoms with van der Waals surface area (Å²) in [5.41, 5.74) is 2.88. The third-order valence-electron chi connectivity index (χ3n) is 7.93. The van der Waals surface area contributed by atoms with Gasteiger partial charge in [-0.2, -0.15) is 0 Å². The van der Waals surface area contributed by atoms with Crippen LogP contribution >= 0.6 is 7.29 Å². The van der Waals surface area contributed by atoms with Crippen molar-refractivity contribution in [2.24, 2.45) is 5.92 Å². The molecule has 1 saturated heterocycles. The highest BCUT2D eigenvalue weighted by atomic mass is 31.2. The standard InChI is InChI=1S/C32H28NO3P/c1-22(36-23(2)34)32-28-18-10-8-13-25(28)20-21-29(32)31(26-14-5-4-6-15-26)33(3)37(32,35)30-19-11-16-24-12-7-9-17-27(24)30/h4-21,29,31H,1H2,2-3H3/t29-,31+,32-,37?/m1/s1. The predicted octanol–water partition coefficient (Wildman–Crippen LogP) is 7.05. The fourth-order valence-corrected chi connectivity index (χ4v) is 10.7. The van der Waals surface area contributed by atoms with Crippen LogP contribution in [-0.4, -0.2) is 17.7 Å². The minimum atomic E-state index is -3.58. The van der Waals surface area contributed by atoms with Crippen molar-refractivity contribution in [2.45, 2.75) is 18.1 Å². The molecule has 2 aliphatic rings. The number of esters is 1. The second-order valence-electron chi connectivity index (χ2n) is 9.76. The molecule has 4 atom stereocenters. The molecule has 4 aromatic rings. The van der Waals surface area contributed by atoms with Gasteiger partial charge in [-0.3, -0.25) is 9.36 Å². The van der Waals surface area contributed by atoms with E-state index in [-0.39, 0.29) is 17.7 Å². The van der Waals surface area contributed by atoms with Crippen LogP contribution in [0.2, 0.25) is 0 Å². The van der Waals surface area contributed by atoms with E-state index in [2.05, 4.69) is 30.9 Å². The van der Waals surface area contributed by atoms with Crippen molar-refractivity contribution >= 4 is 35.4 Å². The van der Waals surface area contributed by atoms with Crippen LogP contribution in [0.4, 0.5) is 0 Å². The summed E-state index contributed by atoms with van der Waals surface area (Å²) in [6.45, 7) is 5.71. The number of ether oxygens (including phenoxy) is 1. The molecule has 0 bridgehead atoms. The lowest BCUT2D eigenvalue weighted by Gasteiger charge is -2.43. The van der Waals surface area contributed by atoms with E-state index in [0.29, 0.717) is 0 Å². The van der Waals surface area contributed by atoms with Gasteiger partial charge in [0, 0.05) is 24.2 Å². The van der Waals surface area contributed by atoms with Gasteiger partial charge in [0.2, 0.25) is 0 Å². The number of nitrogens with zero attached hydrogens (tertiary/aromatic N) is 1. The summed E-state index contributed by atoms with van der Waals surface area (Å²) in [5.74, 6) is -0.532. The van der Waals surface area contributed by atoms with Crippen LogP contribution in [0.5, 0.6) is 0 Å². The Morgan fingerprint density at radius 2 is 1.59 bits per heavy atom. The Balaban J connectivity index is 1.77. The predicted molar refractivity (Wildman–Crippen MR) is 150 cm³/mol. The van der Waals surface area contributed by atoms with E-state index >= 15 is 4.57 Å². The van der Waals surface area contributed by atoms with Gasteiger partial charge >= 0.3 is 5.97 Å². The molecule has 1 heterocycles. The zero-order valence-electron chi connectivity index (χ0n) is 20.9. The van der Waals surface area contributed by atoms with Crippen LogP contribution in [0.25, 0.3) is 16.8 Å². The van der Waals surface area contributed by atoms with Gasteiger partial charge in [0.1, 0.15) is 10.9 Å². The zero-order valence-corrected chi connectivity index (χ0v) is 21.8. The molecular weight excluding hydrogens is 477 g/mol. The topological polar surface area (TPSA) is 46.6 Å². The first-order chi connectivity index (χ1) is 17.9. The number of benzene rings is 4. The molecule has 1 unspecified atom stereocenters. The SMILES string of the molecule is C=C(OC(C)=O)[C@@]12c3ccccc3C=C[C@@H]1[C@H](c1ccccc1)N(C)P2(=O)c1cccc2ccccc12. The molecule has 1 aliphatic carbocycles. The normalized spacial score (nSPS) is 26.4. The van der Waals surface area contributed by atoms with Crippen LogP contribution in [0.3, 0.4) is 0 Å². The van der Waals surface area contributed by atoms with Gasteiger partial charge in [0.05, 0.1) is 0 Å². The lowest BCUT2D eigenvalue weighted by atomic mass is 9.72. The van der Waals surface area contributed by atoms with Crippen LogP contribution in [0, 0.1) is 5.92 Å². The van der Waals surface area contributed by atoms with Crippen molar-refractivity contribution < 1.29 is 14.1 Å². The smallest absolute Gasteiger partial charge is 0.307 e. The van der Waals surface area contributed by atoms with Crippen LogP contribution < -0.4 is 5.30 Å². The maximum Gasteiger partial charge on any atom is 0.307 e. The number of hydrogen-bond acceptors (Lipinski definition) is 3. The number of hydrogen-bond donors (Lipinski definition) is 0. The van der Waals surface area contributed by atoms with Crippen LogP contribution in [0.15, 0.2) is 115 Å². The molecule has 0 aromatic heterocycles. The summed E-state index contributed by atoms with van der Waals surface area (Å²) in [7, 11) is -1.64. The minimum Gasteiger partial charge on any atom is -0.430 e. The number of allylic oxidation sites excluding steroid dienone is 1. The average molecular weight is 506 g/mol. The summed E-state index contributed by atoms with van der Waals surface area (Å²) in [5, 5.41) is 1.50. The molecule has 37 heavy (non-hydrogen) atoms. The van der Waals surface area contributed by atoms with Gasteiger partial charge in [-0.25, -0.2) is 4.67 Å². The van der Waals surface area contributed by atoms with Gasteiger partial charge in [-0.15, -0.1) is 0 Å². The molecule has 1 aliphatic heterocycles. The van der Waals surface area contributed by atoms with Crippen molar-refractivity contribution in [1.82, 2.24) is 4.67 Å². The minimum absolute atomic E-state index is 0.225. The average Bonchev–Trinajstić information content (AvgIpc) is 3.13. The van der Waals surface area contributed by atoms with Crippen molar-refractivity contribution in [2.75, 3.05) is 7.05 Å². The molecule has 0 radical (unpaired) electrons. The van der Waals surface area contributed by atoms with E-state index in [9.17, 15) is 4.79 Å². The van der Waals surface area contributed by atoms with Crippen molar-refractivity contribution in [3.05, 3.63) is 132 Å². The van der Waals surface area contributed by atoms with E-state index in [4.69, 9.17) is 4.74 Å². The second kappa shape index (κ2) is 8.69. The van der Waals surface area contributed by atoms with E-state index < -0.39 is 18.4 Å². The number of fused-ring (bicyclic) bond motifs is 4. The summed E-state index contributed by atoms with van der Waals surface area (Å²) in [6.07, 6.45) is 4.23. The molecule has 6 rings (SSSR count). The van der Waals surface area contributed by atoms with Crippen molar-refractivity contribution in [3.8, 4) is 0 Å². The van der Waals surface area contributed by atoms with Gasteiger partial charge in [0.25, 0.3) is 0 Å². The summed E-state index contributed by atoms with van der Waals surface area (Å²) in [4.78, 5) is 12.4. The lowest BCUT2D eigenvalue weighted by Crippen LogP contribution is -2.39. The molecule has 184 valence electrons. The second-order valence-corrected chi connectivity index (χ2v) is 12.7. The highest BCUT2D eigenvalue weighted by Gasteiger charge is 2.70. The maximum absolute atomic E-state index is 16.3. The maximum atomic E-state index is 16.3. The first-order valence-electron chi connectivity index (χ1n) is 12.4. The molecule has 1 fully saturated rings. The monoisotopic (exact) mass is 505 g/mol. The molecular formula is C32H28NO3P. The Labute approximate surface area is 217 Å². The van der Waals surface area contributed by atoms with E-state index in [1.54, 1.807) is 0 Å². The summed E-state index contributed by atoms with van der Waals surface area (Å²) < 4.78 is 24.1. The quantitative estimate of drug-likeness (QED) is 0.169. The van der Waals surface area contributed by atoms with Crippen molar-refractivity contribution in [3.63, 3.8) is 0 Å². The first-order valence-corrected chi connectivity index (χ1v) is 14.1. The molecule has 4 nitrogen and oxygen atoms in total. The highest BCUT2D eigenvalue weighted by molar-refractivity contribution is 7.71. The Bertz CT molecular complexity index is 1620. The lowest BCUT2D eigenvalue weighted by molar-refractivity contribution is -0.137. The molecule has 4 aromatic carbocycles. The first kappa shape index (κ1) is 23.7. The van der Waals surface area contributed by atoms with E-state index in [0.717, 1.165) is 32.8 Å². The summed E-state index contributed by atoms with van der Waals surface area (Å²) in [6, 6.07) is 31.9. The molecule has 0 saturated carbocycles. The van der Waals surface area contributed by atoms with Crippen LogP contribution in [-0.2, 0) is 19.3 Å². The Hall–Kier alpha value is -3.72. The fraction of sp³-hybridized carbons (Fsp3) is 0.156. The number of carbonyl (C=O) groups excluding carboxylic acids is 1. The number of rotatable bonds is 4. The molecule has 5 heteroatoms. The van der Waals surface area contributed by atoms with Gasteiger partial charge in [-0.05, 0) is 40.6 Å². The van der Waals surface area contributed by atoms with E-state index in [1.807, 2.05) is 96.6 Å². The Morgan fingerprint density at radius 3 is 2.38 bits per heavy atom. The molecule has 0 N–H and O–H groups in total. The summed E-state index contributed by atoms with van der Waals surface area (Å²) >= 11 is 0. The highest BCUT2D eigenvalue weighted by Crippen LogP contribution is 2.80. The Morgan fingerprint density at radius 1 is 0.919 bits per heavy atom. The number of carbonyl (C=O) groups is 1. The van der Waals surface area contributed by atoms with Crippen LogP contribution in [0.1, 0.15) is 29.7 Å². The fourth-order valence-electron chi connectivity index (χ4n) is 6.53. The zero-order chi connectivity index (χ0) is 25.8. The van der Waals surface area contributed by atoms with Gasteiger partial charge < -0.3 is 4.74 Å². The van der Waals surface area contributed by atoms with Gasteiger partial charge in [-0.1, -0.05) is 110 Å². The third-order valence-corrected chi connectivity index (χ3v) is 11.9. The molecule has 0 amide bonds.